The number of anilines is 1. The average molecular weight is 525 g/mol. The van der Waals surface area contributed by atoms with Gasteiger partial charge in [-0.05, 0) is 90.4 Å². The predicted molar refractivity (Wildman–Crippen MR) is 153 cm³/mol. The molecule has 0 unspecified atom stereocenters. The first-order valence-corrected chi connectivity index (χ1v) is 12.9. The summed E-state index contributed by atoms with van der Waals surface area (Å²) in [6.45, 7) is 13.0. The Hall–Kier alpha value is -4.46. The van der Waals surface area contributed by atoms with Crippen LogP contribution in [0.2, 0.25) is 0 Å². The second-order valence-electron chi connectivity index (χ2n) is 11.0. The number of aromatic amines is 1. The van der Waals surface area contributed by atoms with Crippen LogP contribution in [0.5, 0.6) is 0 Å². The maximum atomic E-state index is 13.6. The number of hydrogen-bond acceptors (Lipinski definition) is 7. The minimum Gasteiger partial charge on any atom is -0.455 e. The first-order valence-electron chi connectivity index (χ1n) is 12.9. The van der Waals surface area contributed by atoms with Gasteiger partial charge >= 0.3 is 5.97 Å². The number of hydrogen-bond donors (Lipinski definition) is 2. The van der Waals surface area contributed by atoms with Crippen LogP contribution in [0.4, 0.5) is 5.69 Å². The fraction of sp³-hybridized carbons (Fsp3) is 0.290. The number of fused-ring (bicyclic) bond motifs is 2. The van der Waals surface area contributed by atoms with E-state index in [-0.39, 0.29) is 17.2 Å². The fourth-order valence-electron chi connectivity index (χ4n) is 4.72. The molecule has 2 aromatic carbocycles. The van der Waals surface area contributed by atoms with Crippen LogP contribution >= 0.6 is 0 Å². The Kier molecular flexibility index (Phi) is 6.50. The molecule has 0 bridgehead atoms. The number of H-pyrrole nitrogens is 1. The minimum atomic E-state index is -0.657. The summed E-state index contributed by atoms with van der Waals surface area (Å²) in [6.07, 6.45) is 1.81. The van der Waals surface area contributed by atoms with Crippen LogP contribution in [0.15, 0.2) is 57.9 Å². The first-order chi connectivity index (χ1) is 18.4. The van der Waals surface area contributed by atoms with Gasteiger partial charge in [0.25, 0.3) is 0 Å². The molecule has 0 saturated heterocycles. The molecule has 2 N–H and O–H groups in total. The summed E-state index contributed by atoms with van der Waals surface area (Å²) in [5.74, 6) is 0.00781. The number of benzene rings is 2. The number of esters is 1. The second-order valence-corrected chi connectivity index (χ2v) is 11.0. The lowest BCUT2D eigenvalue weighted by Crippen LogP contribution is -2.25. The third-order valence-electron chi connectivity index (χ3n) is 6.55. The van der Waals surface area contributed by atoms with Gasteiger partial charge in [0.2, 0.25) is 0 Å². The molecule has 8 nitrogen and oxygen atoms in total. The van der Waals surface area contributed by atoms with Crippen LogP contribution in [-0.4, -0.2) is 26.8 Å². The average Bonchev–Trinajstić information content (AvgIpc) is 3.34. The Balaban J connectivity index is 1.61. The van der Waals surface area contributed by atoms with Crippen LogP contribution in [0.1, 0.15) is 66.6 Å². The van der Waals surface area contributed by atoms with E-state index in [1.165, 1.54) is 0 Å². The molecule has 5 rings (SSSR count). The number of ether oxygens (including phenoxy) is 1. The molecular weight excluding hydrogens is 492 g/mol. The summed E-state index contributed by atoms with van der Waals surface area (Å²) in [7, 11) is 0. The molecule has 0 spiro atoms. The molecule has 0 amide bonds. The van der Waals surface area contributed by atoms with E-state index in [2.05, 4.69) is 20.5 Å². The number of aryl methyl sites for hydroxylation is 2. The molecule has 0 aliphatic heterocycles. The molecule has 3 heterocycles. The zero-order valence-electron chi connectivity index (χ0n) is 23.2. The van der Waals surface area contributed by atoms with Crippen molar-refractivity contribution in [1.29, 1.82) is 0 Å². The highest BCUT2D eigenvalue weighted by Crippen LogP contribution is 2.33. The SMILES string of the molecule is Cc1cc([C@@H](C)Nc2ccc(C)nc2C(=O)OC(C)(C)C)c2oc(-c3ccc4n[nH]cc4c3)c(C)c(=O)c2c1. The Morgan fingerprint density at radius 3 is 2.59 bits per heavy atom. The molecule has 1 atom stereocenters. The summed E-state index contributed by atoms with van der Waals surface area (Å²) in [5, 5.41) is 11.9. The molecule has 5 aromatic rings. The van der Waals surface area contributed by atoms with E-state index >= 15 is 0 Å². The van der Waals surface area contributed by atoms with Crippen LogP contribution in [0, 0.1) is 20.8 Å². The van der Waals surface area contributed by atoms with E-state index in [1.54, 1.807) is 6.92 Å². The van der Waals surface area contributed by atoms with Crippen molar-refractivity contribution < 1.29 is 13.9 Å². The van der Waals surface area contributed by atoms with Gasteiger partial charge in [-0.3, -0.25) is 9.89 Å². The molecule has 0 aliphatic rings. The van der Waals surface area contributed by atoms with Gasteiger partial charge in [-0.25, -0.2) is 9.78 Å². The standard InChI is InChI=1S/C31H32N4O4/c1-16-12-22(19(4)34-25-10-8-17(2)33-26(25)30(37)39-31(5,6)7)29-23(13-16)27(36)18(3)28(38-29)20-9-11-24-21(14-20)15-32-35-24/h8-15,19,34H,1-7H3,(H,32,35)/t19-/m1/s1. The smallest absolute Gasteiger partial charge is 0.359 e. The van der Waals surface area contributed by atoms with Crippen molar-refractivity contribution in [2.24, 2.45) is 0 Å². The molecular formula is C31H32N4O4. The fourth-order valence-corrected chi connectivity index (χ4v) is 4.72. The van der Waals surface area contributed by atoms with E-state index in [4.69, 9.17) is 9.15 Å². The summed E-state index contributed by atoms with van der Waals surface area (Å²) in [4.78, 5) is 31.0. The number of rotatable bonds is 5. The van der Waals surface area contributed by atoms with Crippen LogP contribution in [0.3, 0.4) is 0 Å². The molecule has 3 aromatic heterocycles. The van der Waals surface area contributed by atoms with Gasteiger partial charge in [-0.15, -0.1) is 0 Å². The van der Waals surface area contributed by atoms with Gasteiger partial charge in [-0.2, -0.15) is 5.10 Å². The molecule has 8 heteroatoms. The number of pyridine rings is 1. The first kappa shape index (κ1) is 26.2. The van der Waals surface area contributed by atoms with Gasteiger partial charge in [0.05, 0.1) is 22.6 Å². The van der Waals surface area contributed by atoms with Crippen LogP contribution in [0.25, 0.3) is 33.2 Å². The number of nitrogens with zero attached hydrogens (tertiary/aromatic N) is 2. The van der Waals surface area contributed by atoms with E-state index in [1.807, 2.05) is 90.2 Å². The van der Waals surface area contributed by atoms with Crippen molar-refractivity contribution in [1.82, 2.24) is 15.2 Å². The van der Waals surface area contributed by atoms with Gasteiger partial charge in [0, 0.05) is 34.0 Å². The van der Waals surface area contributed by atoms with Gasteiger partial charge in [-0.1, -0.05) is 6.07 Å². The topological polar surface area (TPSA) is 110 Å². The molecule has 0 aliphatic carbocycles. The van der Waals surface area contributed by atoms with Gasteiger partial charge in [0.15, 0.2) is 11.1 Å². The minimum absolute atomic E-state index is 0.0814. The third kappa shape index (κ3) is 5.14. The van der Waals surface area contributed by atoms with Crippen molar-refractivity contribution in [3.05, 3.63) is 87.0 Å². The second kappa shape index (κ2) is 9.69. The molecule has 200 valence electrons. The Morgan fingerprint density at radius 2 is 1.85 bits per heavy atom. The highest BCUT2D eigenvalue weighted by molar-refractivity contribution is 5.94. The Labute approximate surface area is 226 Å². The highest BCUT2D eigenvalue weighted by atomic mass is 16.6. The summed E-state index contributed by atoms with van der Waals surface area (Å²) in [6, 6.07) is 12.9. The summed E-state index contributed by atoms with van der Waals surface area (Å²) < 4.78 is 12.1. The lowest BCUT2D eigenvalue weighted by molar-refractivity contribution is 0.00638. The van der Waals surface area contributed by atoms with Crippen LogP contribution < -0.4 is 10.7 Å². The summed E-state index contributed by atoms with van der Waals surface area (Å²) >= 11 is 0. The van der Waals surface area contributed by atoms with Crippen molar-refractivity contribution in [3.63, 3.8) is 0 Å². The monoisotopic (exact) mass is 524 g/mol. The lowest BCUT2D eigenvalue weighted by Gasteiger charge is -2.22. The number of carbonyl (C=O) groups is 1. The summed E-state index contributed by atoms with van der Waals surface area (Å²) in [5.41, 5.74) is 5.10. The quantitative estimate of drug-likeness (QED) is 0.244. The third-order valence-corrected chi connectivity index (χ3v) is 6.55. The van der Waals surface area contributed by atoms with Crippen molar-refractivity contribution in [2.45, 2.75) is 60.1 Å². The number of nitrogens with one attached hydrogen (secondary N) is 2. The van der Waals surface area contributed by atoms with E-state index < -0.39 is 11.6 Å². The lowest BCUT2D eigenvalue weighted by atomic mass is 9.98. The van der Waals surface area contributed by atoms with Crippen molar-refractivity contribution in [3.8, 4) is 11.3 Å². The number of aromatic nitrogens is 3. The molecule has 0 radical (unpaired) electrons. The van der Waals surface area contributed by atoms with E-state index in [0.717, 1.165) is 27.6 Å². The maximum Gasteiger partial charge on any atom is 0.359 e. The zero-order valence-corrected chi connectivity index (χ0v) is 23.2. The predicted octanol–water partition coefficient (Wildman–Crippen LogP) is 6.78. The van der Waals surface area contributed by atoms with Gasteiger partial charge in [0.1, 0.15) is 16.9 Å². The molecule has 0 saturated carbocycles. The van der Waals surface area contributed by atoms with Gasteiger partial charge < -0.3 is 14.5 Å². The largest absolute Gasteiger partial charge is 0.455 e. The normalized spacial score (nSPS) is 12.6. The van der Waals surface area contributed by atoms with E-state index in [0.29, 0.717) is 33.7 Å². The zero-order chi connectivity index (χ0) is 28.1. The van der Waals surface area contributed by atoms with Crippen molar-refractivity contribution >= 4 is 33.5 Å². The molecule has 0 fully saturated rings. The maximum absolute atomic E-state index is 13.6. The van der Waals surface area contributed by atoms with Crippen LogP contribution in [-0.2, 0) is 4.74 Å². The Bertz CT molecular complexity index is 1790. The number of carbonyl (C=O) groups excluding carboxylic acids is 1. The van der Waals surface area contributed by atoms with Crippen molar-refractivity contribution in [2.75, 3.05) is 5.32 Å². The van der Waals surface area contributed by atoms with E-state index in [9.17, 15) is 9.59 Å². The molecule has 39 heavy (non-hydrogen) atoms. The highest BCUT2D eigenvalue weighted by Gasteiger charge is 2.24. The Morgan fingerprint density at radius 1 is 1.08 bits per heavy atom.